The number of hydrogen-bond donors (Lipinski definition) is 1. The summed E-state index contributed by atoms with van der Waals surface area (Å²) in [7, 11) is 1.87. The molecule has 2 fully saturated rings. The van der Waals surface area contributed by atoms with E-state index in [0.29, 0.717) is 41.9 Å². The van der Waals surface area contributed by atoms with Crippen LogP contribution in [0.4, 0.5) is 32.1 Å². The Morgan fingerprint density at radius 1 is 1.08 bits per heavy atom. The lowest BCUT2D eigenvalue weighted by Crippen LogP contribution is -2.43. The van der Waals surface area contributed by atoms with Crippen LogP contribution in [0.5, 0.6) is 0 Å². The number of aryl methyl sites for hydroxylation is 1. The molecule has 0 amide bonds. The van der Waals surface area contributed by atoms with Crippen LogP contribution in [0, 0.1) is 36.3 Å². The first-order valence-corrected chi connectivity index (χ1v) is 12.6. The van der Waals surface area contributed by atoms with Crippen LogP contribution in [0.15, 0.2) is 22.6 Å². The minimum Gasteiger partial charge on any atom is -0.408 e. The second kappa shape index (κ2) is 8.38. The van der Waals surface area contributed by atoms with Crippen molar-refractivity contribution in [2.75, 3.05) is 41.8 Å². The lowest BCUT2D eigenvalue weighted by Gasteiger charge is -2.37. The third-order valence-electron chi connectivity index (χ3n) is 8.11. The molecule has 1 saturated heterocycles. The molecule has 6 rings (SSSR count). The van der Waals surface area contributed by atoms with E-state index in [4.69, 9.17) is 14.4 Å². The molecule has 0 radical (unpaired) electrons. The van der Waals surface area contributed by atoms with Gasteiger partial charge in [0.1, 0.15) is 17.5 Å². The van der Waals surface area contributed by atoms with Gasteiger partial charge in [-0.3, -0.25) is 0 Å². The van der Waals surface area contributed by atoms with E-state index in [0.717, 1.165) is 55.4 Å². The summed E-state index contributed by atoms with van der Waals surface area (Å²) in [5.74, 6) is 2.71. The van der Waals surface area contributed by atoms with Gasteiger partial charge in [0.25, 0.3) is 0 Å². The normalized spacial score (nSPS) is 24.3. The van der Waals surface area contributed by atoms with Gasteiger partial charge in [-0.2, -0.15) is 0 Å². The van der Waals surface area contributed by atoms with Crippen LogP contribution in [-0.4, -0.2) is 46.8 Å². The summed E-state index contributed by atoms with van der Waals surface area (Å²) in [6.45, 7) is 8.46. The Morgan fingerprint density at radius 3 is 2.47 bits per heavy atom. The van der Waals surface area contributed by atoms with Crippen molar-refractivity contribution >= 4 is 23.3 Å². The second-order valence-electron chi connectivity index (χ2n) is 11.0. The molecule has 1 N–H and O–H groups in total. The number of fused-ring (bicyclic) bond motifs is 3. The van der Waals surface area contributed by atoms with E-state index in [1.165, 1.54) is 12.1 Å². The van der Waals surface area contributed by atoms with Gasteiger partial charge in [0.15, 0.2) is 11.6 Å². The molecule has 190 valence electrons. The lowest BCUT2D eigenvalue weighted by atomic mass is 9.82. The minimum absolute atomic E-state index is 0.260. The third kappa shape index (κ3) is 3.77. The first-order valence-electron chi connectivity index (χ1n) is 12.6. The van der Waals surface area contributed by atoms with Gasteiger partial charge in [0, 0.05) is 62.8 Å². The maximum absolute atomic E-state index is 14.1. The lowest BCUT2D eigenvalue weighted by molar-refractivity contribution is 0.258. The molecule has 2 unspecified atom stereocenters. The largest absolute Gasteiger partial charge is 0.408 e. The van der Waals surface area contributed by atoms with Crippen LogP contribution in [0.3, 0.4) is 0 Å². The van der Waals surface area contributed by atoms with Gasteiger partial charge in [-0.05, 0) is 42.7 Å². The van der Waals surface area contributed by atoms with Crippen LogP contribution in [0.25, 0.3) is 0 Å². The van der Waals surface area contributed by atoms with E-state index in [2.05, 4.69) is 34.3 Å². The van der Waals surface area contributed by atoms with Gasteiger partial charge < -0.3 is 19.5 Å². The van der Waals surface area contributed by atoms with Crippen molar-refractivity contribution in [3.05, 3.63) is 47.1 Å². The highest BCUT2D eigenvalue weighted by Gasteiger charge is 2.45. The van der Waals surface area contributed by atoms with Crippen LogP contribution in [0.1, 0.15) is 44.0 Å². The smallest absolute Gasteiger partial charge is 0.318 e. The van der Waals surface area contributed by atoms with E-state index < -0.39 is 11.6 Å². The molecule has 2 atom stereocenters. The molecule has 1 aromatic carbocycles. The van der Waals surface area contributed by atoms with Gasteiger partial charge in [0.05, 0.1) is 0 Å². The number of nitrogens with one attached hydrogen (secondary N) is 1. The number of rotatable bonds is 5. The zero-order chi connectivity index (χ0) is 25.2. The van der Waals surface area contributed by atoms with Crippen molar-refractivity contribution < 1.29 is 13.2 Å². The Balaban J connectivity index is 1.31. The Bertz CT molecular complexity index is 1300. The van der Waals surface area contributed by atoms with Crippen molar-refractivity contribution in [1.82, 2.24) is 20.2 Å². The molecule has 1 aliphatic carbocycles. The second-order valence-corrected chi connectivity index (χ2v) is 11.0. The molecule has 36 heavy (non-hydrogen) atoms. The van der Waals surface area contributed by atoms with Gasteiger partial charge in [-0.25, -0.2) is 18.7 Å². The van der Waals surface area contributed by atoms with E-state index in [1.54, 1.807) is 6.07 Å². The third-order valence-corrected chi connectivity index (χ3v) is 8.11. The minimum atomic E-state index is -0.860. The van der Waals surface area contributed by atoms with E-state index >= 15 is 0 Å². The van der Waals surface area contributed by atoms with Crippen LogP contribution in [-0.2, 0) is 11.8 Å². The summed E-state index contributed by atoms with van der Waals surface area (Å²) in [4.78, 5) is 14.2. The van der Waals surface area contributed by atoms with Gasteiger partial charge in [-0.1, -0.05) is 18.9 Å². The fourth-order valence-electron chi connectivity index (χ4n) is 6.45. The maximum atomic E-state index is 14.1. The number of hydrogen-bond acceptors (Lipinski definition) is 8. The molecular weight excluding hydrogens is 464 g/mol. The first-order chi connectivity index (χ1) is 17.2. The Morgan fingerprint density at radius 2 is 1.83 bits per heavy atom. The highest BCUT2D eigenvalue weighted by molar-refractivity contribution is 5.74. The summed E-state index contributed by atoms with van der Waals surface area (Å²) in [5, 5.41) is 11.5. The molecule has 2 bridgehead atoms. The summed E-state index contributed by atoms with van der Waals surface area (Å²) in [6, 6.07) is 4.64. The number of nitrogens with zero attached hydrogens (tertiary/aromatic N) is 6. The highest BCUT2D eigenvalue weighted by Crippen LogP contribution is 2.48. The molecule has 1 saturated carbocycles. The molecule has 8 nitrogen and oxygen atoms in total. The van der Waals surface area contributed by atoms with Crippen LogP contribution >= 0.6 is 0 Å². The fraction of sp³-hybridized carbons (Fsp3) is 0.538. The number of anilines is 4. The predicted octanol–water partition coefficient (Wildman–Crippen LogP) is 4.62. The van der Waals surface area contributed by atoms with Crippen molar-refractivity contribution in [1.29, 1.82) is 0 Å². The summed E-state index contributed by atoms with van der Waals surface area (Å²) in [6.07, 6.45) is 3.10. The Kier molecular flexibility index (Phi) is 5.38. The number of benzene rings is 1. The van der Waals surface area contributed by atoms with Crippen molar-refractivity contribution in [3.8, 4) is 0 Å². The molecule has 3 aliphatic rings. The average molecular weight is 496 g/mol. The summed E-state index contributed by atoms with van der Waals surface area (Å²) in [5.41, 5.74) is 1.34. The van der Waals surface area contributed by atoms with E-state index in [1.807, 2.05) is 18.9 Å². The maximum Gasteiger partial charge on any atom is 0.318 e. The first kappa shape index (κ1) is 23.1. The zero-order valence-corrected chi connectivity index (χ0v) is 21.1. The summed E-state index contributed by atoms with van der Waals surface area (Å²) < 4.78 is 33.5. The van der Waals surface area contributed by atoms with Gasteiger partial charge in [0.2, 0.25) is 5.89 Å². The Labute approximate surface area is 209 Å². The molecule has 0 spiro atoms. The molecule has 3 aromatic rings. The van der Waals surface area contributed by atoms with Gasteiger partial charge in [-0.15, -0.1) is 5.10 Å². The molecular formula is C26H31F2N7O. The van der Waals surface area contributed by atoms with Crippen LogP contribution in [0.2, 0.25) is 0 Å². The van der Waals surface area contributed by atoms with Crippen molar-refractivity contribution in [2.24, 2.45) is 17.8 Å². The summed E-state index contributed by atoms with van der Waals surface area (Å²) >= 11 is 0. The fourth-order valence-corrected chi connectivity index (χ4v) is 6.45. The standard InChI is InChI=1S/C26H31F2N7O/c1-14-32-33-25(36-14)34-11-15-5-6-16(12-34)18(15)10-21-30-23(29-4)22-24(31-21)35(13-26(22,2)3)17-7-8-19(27)20(28)9-17/h7-9,15-16,18H,5-6,10-13H2,1-4H3,(H,29,30,31). The van der Waals surface area contributed by atoms with E-state index in [9.17, 15) is 8.78 Å². The highest BCUT2D eigenvalue weighted by atomic mass is 19.2. The quantitative estimate of drug-likeness (QED) is 0.549. The molecule has 4 heterocycles. The Hall–Kier alpha value is -3.30. The van der Waals surface area contributed by atoms with Crippen molar-refractivity contribution in [3.63, 3.8) is 0 Å². The van der Waals surface area contributed by atoms with Crippen molar-refractivity contribution in [2.45, 2.75) is 45.4 Å². The van der Waals surface area contributed by atoms with Crippen LogP contribution < -0.4 is 15.1 Å². The van der Waals surface area contributed by atoms with E-state index in [-0.39, 0.29) is 5.41 Å². The number of aromatic nitrogens is 4. The average Bonchev–Trinajstić information content (AvgIpc) is 3.46. The molecule has 2 aliphatic heterocycles. The van der Waals surface area contributed by atoms with Gasteiger partial charge >= 0.3 is 6.01 Å². The zero-order valence-electron chi connectivity index (χ0n) is 21.1. The molecule has 10 heteroatoms. The molecule has 2 aromatic heterocycles. The number of piperidine rings is 1. The predicted molar refractivity (Wildman–Crippen MR) is 133 cm³/mol. The number of halogens is 2. The monoisotopic (exact) mass is 495 g/mol. The SMILES string of the molecule is CNc1nc(CC2C3CCC2CN(c2nnc(C)o2)C3)nc2c1C(C)(C)CN2c1ccc(F)c(F)c1. The topological polar surface area (TPSA) is 83.2 Å².